The number of hydrogen-bond donors (Lipinski definition) is 2. The Bertz CT molecular complexity index is 732. The van der Waals surface area contributed by atoms with E-state index >= 15 is 0 Å². The van der Waals surface area contributed by atoms with Gasteiger partial charge in [-0.1, -0.05) is 18.2 Å². The number of carbonyl (C=O) groups is 1. The first kappa shape index (κ1) is 21.4. The van der Waals surface area contributed by atoms with Crippen molar-refractivity contribution in [3.63, 3.8) is 0 Å². The minimum atomic E-state index is -0.163. The van der Waals surface area contributed by atoms with Gasteiger partial charge in [0.1, 0.15) is 5.75 Å². The fraction of sp³-hybridized carbons (Fsp3) is 0.409. The molecule has 0 unspecified atom stereocenters. The van der Waals surface area contributed by atoms with E-state index in [1.165, 1.54) is 0 Å². The summed E-state index contributed by atoms with van der Waals surface area (Å²) in [4.78, 5) is 11.9. The maximum Gasteiger partial charge on any atom is 0.314 e. The zero-order valence-electron chi connectivity index (χ0n) is 16.9. The molecule has 2 amide bonds. The summed E-state index contributed by atoms with van der Waals surface area (Å²) in [7, 11) is 1.64. The monoisotopic (exact) mass is 386 g/mol. The van der Waals surface area contributed by atoms with E-state index in [0.29, 0.717) is 26.3 Å². The molecule has 28 heavy (non-hydrogen) atoms. The molecule has 0 atom stereocenters. The molecule has 0 aromatic heterocycles. The molecule has 0 radical (unpaired) electrons. The van der Waals surface area contributed by atoms with Crippen molar-refractivity contribution in [1.82, 2.24) is 10.6 Å². The average Bonchev–Trinajstić information content (AvgIpc) is 2.71. The van der Waals surface area contributed by atoms with Crippen LogP contribution < -0.4 is 24.8 Å². The lowest BCUT2D eigenvalue weighted by molar-refractivity contribution is 0.241. The van der Waals surface area contributed by atoms with Gasteiger partial charge in [-0.15, -0.1) is 0 Å². The fourth-order valence-corrected chi connectivity index (χ4v) is 2.75. The van der Waals surface area contributed by atoms with E-state index < -0.39 is 0 Å². The van der Waals surface area contributed by atoms with E-state index in [9.17, 15) is 4.79 Å². The number of urea groups is 1. The Balaban J connectivity index is 1.71. The molecule has 152 valence electrons. The molecule has 2 aromatic carbocycles. The Morgan fingerprint density at radius 2 is 1.39 bits per heavy atom. The van der Waals surface area contributed by atoms with Crippen LogP contribution in [0.3, 0.4) is 0 Å². The van der Waals surface area contributed by atoms with Gasteiger partial charge in [-0.25, -0.2) is 4.79 Å². The molecule has 0 aliphatic carbocycles. The number of nitrogens with one attached hydrogen (secondary N) is 2. The van der Waals surface area contributed by atoms with E-state index in [0.717, 1.165) is 41.2 Å². The highest BCUT2D eigenvalue weighted by atomic mass is 16.5. The van der Waals surface area contributed by atoms with Crippen molar-refractivity contribution in [1.29, 1.82) is 0 Å². The van der Waals surface area contributed by atoms with Gasteiger partial charge in [0.15, 0.2) is 11.5 Å². The van der Waals surface area contributed by atoms with Crippen LogP contribution in [-0.2, 0) is 12.8 Å². The summed E-state index contributed by atoms with van der Waals surface area (Å²) >= 11 is 0. The molecular weight excluding hydrogens is 356 g/mol. The van der Waals surface area contributed by atoms with Crippen molar-refractivity contribution in [2.24, 2.45) is 0 Å². The van der Waals surface area contributed by atoms with Crippen LogP contribution in [0.25, 0.3) is 0 Å². The molecule has 0 fully saturated rings. The third-order valence-electron chi connectivity index (χ3n) is 4.17. The maximum absolute atomic E-state index is 11.9. The average molecular weight is 386 g/mol. The number of rotatable bonds is 11. The highest BCUT2D eigenvalue weighted by Crippen LogP contribution is 2.28. The first-order valence-electron chi connectivity index (χ1n) is 9.69. The van der Waals surface area contributed by atoms with Crippen LogP contribution in [-0.4, -0.2) is 39.4 Å². The number of methoxy groups -OCH3 is 1. The van der Waals surface area contributed by atoms with Crippen molar-refractivity contribution in [3.05, 3.63) is 53.6 Å². The summed E-state index contributed by atoms with van der Waals surface area (Å²) in [5, 5.41) is 5.76. The lowest BCUT2D eigenvalue weighted by Crippen LogP contribution is -2.37. The molecule has 0 heterocycles. The summed E-state index contributed by atoms with van der Waals surface area (Å²) in [5.41, 5.74) is 2.24. The molecule has 0 aliphatic rings. The van der Waals surface area contributed by atoms with Gasteiger partial charge in [-0.05, 0) is 62.1 Å². The Morgan fingerprint density at radius 3 is 2.00 bits per heavy atom. The topological polar surface area (TPSA) is 68.8 Å². The summed E-state index contributed by atoms with van der Waals surface area (Å²) in [6, 6.07) is 13.6. The van der Waals surface area contributed by atoms with Crippen LogP contribution in [0.5, 0.6) is 17.2 Å². The maximum atomic E-state index is 11.9. The molecule has 6 nitrogen and oxygen atoms in total. The standard InChI is InChI=1S/C22H30N2O4/c1-4-27-20-11-8-18(16-21(20)28-5-2)13-15-24-22(25)23-14-12-17-6-9-19(26-3)10-7-17/h6-11,16H,4-5,12-15H2,1-3H3,(H2,23,24,25). The minimum absolute atomic E-state index is 0.163. The highest BCUT2D eigenvalue weighted by molar-refractivity contribution is 5.73. The van der Waals surface area contributed by atoms with Crippen LogP contribution in [0.15, 0.2) is 42.5 Å². The molecule has 0 saturated heterocycles. The number of ether oxygens (including phenoxy) is 3. The molecule has 2 N–H and O–H groups in total. The molecule has 0 bridgehead atoms. The first-order chi connectivity index (χ1) is 13.7. The van der Waals surface area contributed by atoms with Crippen molar-refractivity contribution in [2.45, 2.75) is 26.7 Å². The van der Waals surface area contributed by atoms with E-state index in [4.69, 9.17) is 14.2 Å². The number of amides is 2. The predicted octanol–water partition coefficient (Wildman–Crippen LogP) is 3.58. The third-order valence-corrected chi connectivity index (χ3v) is 4.17. The summed E-state index contributed by atoms with van der Waals surface area (Å²) in [6.45, 7) is 6.20. The van der Waals surface area contributed by atoms with Gasteiger partial charge < -0.3 is 24.8 Å². The summed E-state index contributed by atoms with van der Waals surface area (Å²) in [6.07, 6.45) is 1.49. The van der Waals surface area contributed by atoms with Gasteiger partial charge >= 0.3 is 6.03 Å². The fourth-order valence-electron chi connectivity index (χ4n) is 2.75. The van der Waals surface area contributed by atoms with Crippen molar-refractivity contribution in [2.75, 3.05) is 33.4 Å². The van der Waals surface area contributed by atoms with Gasteiger partial charge in [-0.3, -0.25) is 0 Å². The van der Waals surface area contributed by atoms with Crippen LogP contribution in [0.1, 0.15) is 25.0 Å². The van der Waals surface area contributed by atoms with Crippen molar-refractivity contribution < 1.29 is 19.0 Å². The Morgan fingerprint density at radius 1 is 0.821 bits per heavy atom. The predicted molar refractivity (Wildman–Crippen MR) is 111 cm³/mol. The highest BCUT2D eigenvalue weighted by Gasteiger charge is 2.07. The van der Waals surface area contributed by atoms with Gasteiger partial charge in [-0.2, -0.15) is 0 Å². The molecule has 2 aromatic rings. The summed E-state index contributed by atoms with van der Waals surface area (Å²) in [5.74, 6) is 2.32. The quantitative estimate of drug-likeness (QED) is 0.619. The number of carbonyl (C=O) groups excluding carboxylic acids is 1. The first-order valence-corrected chi connectivity index (χ1v) is 9.69. The third kappa shape index (κ3) is 7.02. The van der Waals surface area contributed by atoms with Gasteiger partial charge in [0.05, 0.1) is 20.3 Å². The normalized spacial score (nSPS) is 10.2. The number of benzene rings is 2. The SMILES string of the molecule is CCOc1ccc(CCNC(=O)NCCc2ccc(OC)cc2)cc1OCC. The molecule has 0 spiro atoms. The van der Waals surface area contributed by atoms with Crippen molar-refractivity contribution in [3.8, 4) is 17.2 Å². The van der Waals surface area contributed by atoms with Crippen LogP contribution in [0, 0.1) is 0 Å². The largest absolute Gasteiger partial charge is 0.497 e. The summed E-state index contributed by atoms with van der Waals surface area (Å²) < 4.78 is 16.3. The number of hydrogen-bond acceptors (Lipinski definition) is 4. The molecule has 0 aliphatic heterocycles. The zero-order chi connectivity index (χ0) is 20.2. The van der Waals surface area contributed by atoms with Gasteiger partial charge in [0, 0.05) is 13.1 Å². The van der Waals surface area contributed by atoms with Crippen LogP contribution in [0.2, 0.25) is 0 Å². The minimum Gasteiger partial charge on any atom is -0.497 e. The molecular formula is C22H30N2O4. The Kier molecular flexibility index (Phi) is 8.98. The molecule has 6 heteroatoms. The lowest BCUT2D eigenvalue weighted by atomic mass is 10.1. The van der Waals surface area contributed by atoms with Crippen LogP contribution >= 0.6 is 0 Å². The second-order valence-electron chi connectivity index (χ2n) is 6.18. The van der Waals surface area contributed by atoms with Gasteiger partial charge in [0.2, 0.25) is 0 Å². The molecule has 2 rings (SSSR count). The van der Waals surface area contributed by atoms with Crippen molar-refractivity contribution >= 4 is 6.03 Å². The second-order valence-corrected chi connectivity index (χ2v) is 6.18. The zero-order valence-corrected chi connectivity index (χ0v) is 16.9. The van der Waals surface area contributed by atoms with E-state index in [1.54, 1.807) is 7.11 Å². The smallest absolute Gasteiger partial charge is 0.314 e. The van der Waals surface area contributed by atoms with E-state index in [2.05, 4.69) is 10.6 Å². The van der Waals surface area contributed by atoms with E-state index in [1.807, 2.05) is 56.3 Å². The Labute approximate surface area is 167 Å². The van der Waals surface area contributed by atoms with Crippen LogP contribution in [0.4, 0.5) is 4.79 Å². The Hall–Kier alpha value is -2.89. The molecule has 0 saturated carbocycles. The van der Waals surface area contributed by atoms with E-state index in [-0.39, 0.29) is 6.03 Å². The van der Waals surface area contributed by atoms with Gasteiger partial charge in [0.25, 0.3) is 0 Å². The second kappa shape index (κ2) is 11.7. The lowest BCUT2D eigenvalue weighted by Gasteiger charge is -2.13.